The lowest BCUT2D eigenvalue weighted by Crippen LogP contribution is -2.05. The Labute approximate surface area is 108 Å². The van der Waals surface area contributed by atoms with E-state index in [1.165, 1.54) is 11.4 Å². The first kappa shape index (κ1) is 16.6. The summed E-state index contributed by atoms with van der Waals surface area (Å²) in [6, 6.07) is 0. The van der Waals surface area contributed by atoms with E-state index in [0.717, 1.165) is 25.5 Å². The molecule has 96 valence electrons. The van der Waals surface area contributed by atoms with Gasteiger partial charge in [-0.25, -0.2) is 0 Å². The molecule has 0 heterocycles. The van der Waals surface area contributed by atoms with Crippen LogP contribution in [0.15, 0.2) is 0 Å². The zero-order valence-corrected chi connectivity index (χ0v) is 12.7. The molecular formula is C10H21O3PS2. The molecule has 0 aliphatic heterocycles. The highest BCUT2D eigenvalue weighted by Crippen LogP contribution is 2.62. The van der Waals surface area contributed by atoms with Crippen LogP contribution in [0.3, 0.4) is 0 Å². The fraction of sp³-hybridized carbons (Fsp3) is 0.900. The van der Waals surface area contributed by atoms with Gasteiger partial charge in [0.05, 0.1) is 18.5 Å². The topological polar surface area (TPSA) is 35.5 Å². The third-order valence-electron chi connectivity index (χ3n) is 1.83. The normalized spacial score (nSPS) is 13.7. The SMILES string of the molecule is CCCCC(C=O)SP(=S)(OCC)OCC. The summed E-state index contributed by atoms with van der Waals surface area (Å²) in [5.41, 5.74) is -2.31. The van der Waals surface area contributed by atoms with E-state index >= 15 is 0 Å². The Kier molecular flexibility index (Phi) is 9.96. The second kappa shape index (κ2) is 9.60. The zero-order valence-electron chi connectivity index (χ0n) is 10.2. The van der Waals surface area contributed by atoms with E-state index in [4.69, 9.17) is 20.9 Å². The van der Waals surface area contributed by atoms with Gasteiger partial charge in [0.2, 0.25) is 5.69 Å². The molecule has 0 amide bonds. The van der Waals surface area contributed by atoms with Gasteiger partial charge in [0.15, 0.2) is 0 Å². The molecule has 0 aromatic heterocycles. The predicted molar refractivity (Wildman–Crippen MR) is 74.5 cm³/mol. The van der Waals surface area contributed by atoms with Crippen LogP contribution in [-0.4, -0.2) is 24.7 Å². The van der Waals surface area contributed by atoms with E-state index in [-0.39, 0.29) is 5.25 Å². The predicted octanol–water partition coefficient (Wildman–Crippen LogP) is 3.77. The molecule has 3 nitrogen and oxygen atoms in total. The van der Waals surface area contributed by atoms with Crippen molar-refractivity contribution in [2.75, 3.05) is 13.2 Å². The lowest BCUT2D eigenvalue weighted by molar-refractivity contribution is -0.107. The fourth-order valence-electron chi connectivity index (χ4n) is 1.13. The second-order valence-electron chi connectivity index (χ2n) is 3.20. The summed E-state index contributed by atoms with van der Waals surface area (Å²) in [4.78, 5) is 10.9. The Morgan fingerprint density at radius 3 is 2.25 bits per heavy atom. The molecule has 0 saturated carbocycles. The van der Waals surface area contributed by atoms with Crippen LogP contribution in [0.5, 0.6) is 0 Å². The highest BCUT2D eigenvalue weighted by atomic mass is 32.9. The quantitative estimate of drug-likeness (QED) is 0.451. The summed E-state index contributed by atoms with van der Waals surface area (Å²) in [5, 5.41) is -0.0936. The number of unbranched alkanes of at least 4 members (excludes halogenated alkanes) is 1. The third kappa shape index (κ3) is 7.02. The fourth-order valence-corrected chi connectivity index (χ4v) is 6.70. The maximum atomic E-state index is 10.9. The Bertz CT molecular complexity index is 226. The molecule has 0 spiro atoms. The average molecular weight is 284 g/mol. The van der Waals surface area contributed by atoms with Gasteiger partial charge in [-0.05, 0) is 32.1 Å². The Hall–Kier alpha value is 0.590. The number of carbonyl (C=O) groups excluding carboxylic acids is 1. The van der Waals surface area contributed by atoms with Gasteiger partial charge in [-0.15, -0.1) is 0 Å². The van der Waals surface area contributed by atoms with Gasteiger partial charge in [0.25, 0.3) is 0 Å². The van der Waals surface area contributed by atoms with Crippen molar-refractivity contribution >= 4 is 35.2 Å². The van der Waals surface area contributed by atoms with Crippen LogP contribution >= 0.6 is 17.1 Å². The van der Waals surface area contributed by atoms with E-state index in [9.17, 15) is 4.79 Å². The molecule has 6 heteroatoms. The molecule has 0 radical (unpaired) electrons. The first-order valence-corrected chi connectivity index (χ1v) is 9.76. The van der Waals surface area contributed by atoms with Gasteiger partial charge in [-0.2, -0.15) is 0 Å². The van der Waals surface area contributed by atoms with E-state index in [1.807, 2.05) is 13.8 Å². The minimum Gasteiger partial charge on any atom is -0.322 e. The van der Waals surface area contributed by atoms with Crippen molar-refractivity contribution in [3.63, 3.8) is 0 Å². The largest absolute Gasteiger partial charge is 0.322 e. The minimum absolute atomic E-state index is 0.0936. The molecule has 0 bridgehead atoms. The summed E-state index contributed by atoms with van der Waals surface area (Å²) in [7, 11) is 0. The third-order valence-corrected chi connectivity index (χ3v) is 7.48. The molecule has 1 atom stereocenters. The van der Waals surface area contributed by atoms with Crippen LogP contribution in [-0.2, 0) is 25.6 Å². The maximum absolute atomic E-state index is 10.9. The van der Waals surface area contributed by atoms with Gasteiger partial charge < -0.3 is 13.8 Å². The number of hydrogen-bond donors (Lipinski definition) is 0. The van der Waals surface area contributed by atoms with Gasteiger partial charge in [0.1, 0.15) is 6.29 Å². The van der Waals surface area contributed by atoms with Crippen LogP contribution in [0.4, 0.5) is 0 Å². The van der Waals surface area contributed by atoms with Crippen molar-refractivity contribution in [1.29, 1.82) is 0 Å². The van der Waals surface area contributed by atoms with Gasteiger partial charge in [-0.3, -0.25) is 0 Å². The molecule has 0 aliphatic carbocycles. The minimum atomic E-state index is -2.31. The van der Waals surface area contributed by atoms with Gasteiger partial charge in [0, 0.05) is 0 Å². The molecule has 0 aliphatic rings. The molecule has 0 rings (SSSR count). The summed E-state index contributed by atoms with van der Waals surface area (Å²) in [6.07, 6.45) is 3.92. The summed E-state index contributed by atoms with van der Waals surface area (Å²) >= 11 is 6.76. The first-order chi connectivity index (χ1) is 7.61. The van der Waals surface area contributed by atoms with Crippen molar-refractivity contribution < 1.29 is 13.8 Å². The number of aldehydes is 1. The van der Waals surface area contributed by atoms with Crippen LogP contribution in [0.1, 0.15) is 40.0 Å². The number of rotatable bonds is 10. The molecular weight excluding hydrogens is 263 g/mol. The molecule has 16 heavy (non-hydrogen) atoms. The monoisotopic (exact) mass is 284 g/mol. The van der Waals surface area contributed by atoms with Gasteiger partial charge >= 0.3 is 0 Å². The van der Waals surface area contributed by atoms with Crippen molar-refractivity contribution in [1.82, 2.24) is 0 Å². The smallest absolute Gasteiger partial charge is 0.248 e. The molecule has 0 aromatic carbocycles. The molecule has 0 aromatic rings. The van der Waals surface area contributed by atoms with Crippen molar-refractivity contribution in [3.05, 3.63) is 0 Å². The Morgan fingerprint density at radius 1 is 1.31 bits per heavy atom. The zero-order chi connectivity index (χ0) is 12.4. The summed E-state index contributed by atoms with van der Waals surface area (Å²) in [5.74, 6) is 0. The highest BCUT2D eigenvalue weighted by molar-refractivity contribution is 8.68. The Balaban J connectivity index is 4.33. The standard InChI is InChI=1S/C10H21O3PS2/c1-4-7-8-10(9-11)16-14(15,12-5-2)13-6-3/h9-10H,4-8H2,1-3H3. The lowest BCUT2D eigenvalue weighted by atomic mass is 10.2. The molecule has 0 saturated heterocycles. The van der Waals surface area contributed by atoms with E-state index in [0.29, 0.717) is 13.2 Å². The second-order valence-corrected chi connectivity index (χ2v) is 9.64. The highest BCUT2D eigenvalue weighted by Gasteiger charge is 2.24. The van der Waals surface area contributed by atoms with E-state index in [2.05, 4.69) is 6.92 Å². The van der Waals surface area contributed by atoms with Crippen LogP contribution < -0.4 is 0 Å². The van der Waals surface area contributed by atoms with Crippen LogP contribution in [0.25, 0.3) is 0 Å². The maximum Gasteiger partial charge on any atom is 0.248 e. The lowest BCUT2D eigenvalue weighted by Gasteiger charge is -2.22. The van der Waals surface area contributed by atoms with Gasteiger partial charge in [-0.1, -0.05) is 31.1 Å². The number of carbonyl (C=O) groups is 1. The van der Waals surface area contributed by atoms with Crippen molar-refractivity contribution in [3.8, 4) is 0 Å². The van der Waals surface area contributed by atoms with E-state index in [1.54, 1.807) is 0 Å². The van der Waals surface area contributed by atoms with Crippen molar-refractivity contribution in [2.45, 2.75) is 45.3 Å². The van der Waals surface area contributed by atoms with Crippen LogP contribution in [0, 0.1) is 0 Å². The molecule has 0 fully saturated rings. The van der Waals surface area contributed by atoms with E-state index < -0.39 is 5.69 Å². The Morgan fingerprint density at radius 2 is 1.88 bits per heavy atom. The van der Waals surface area contributed by atoms with Crippen molar-refractivity contribution in [2.24, 2.45) is 0 Å². The summed E-state index contributed by atoms with van der Waals surface area (Å²) < 4.78 is 11.0. The average Bonchev–Trinajstić information content (AvgIpc) is 2.25. The van der Waals surface area contributed by atoms with Crippen LogP contribution in [0.2, 0.25) is 0 Å². The first-order valence-electron chi connectivity index (χ1n) is 5.64. The summed E-state index contributed by atoms with van der Waals surface area (Å²) in [6.45, 7) is 6.95. The molecule has 1 unspecified atom stereocenters. The number of hydrogen-bond acceptors (Lipinski definition) is 5. The molecule has 0 N–H and O–H groups in total.